The fourth-order valence-electron chi connectivity index (χ4n) is 0.951. The van der Waals surface area contributed by atoms with Crippen molar-refractivity contribution in [2.75, 3.05) is 11.5 Å². The van der Waals surface area contributed by atoms with Gasteiger partial charge in [-0.3, -0.25) is 0 Å². The zero-order chi connectivity index (χ0) is 6.97. The van der Waals surface area contributed by atoms with Gasteiger partial charge in [-0.2, -0.15) is 11.8 Å². The van der Waals surface area contributed by atoms with Crippen LogP contribution < -0.4 is 0 Å². The SMILES string of the molecule is Clc1nccn1C1CSC1. The molecule has 0 aliphatic carbocycles. The average Bonchev–Trinajstić information content (AvgIpc) is 2.12. The third-order valence-electron chi connectivity index (χ3n) is 1.64. The van der Waals surface area contributed by atoms with Gasteiger partial charge in [0.2, 0.25) is 5.28 Å². The first-order valence-electron chi connectivity index (χ1n) is 3.14. The van der Waals surface area contributed by atoms with Crippen LogP contribution in [0.3, 0.4) is 0 Å². The molecule has 2 nitrogen and oxygen atoms in total. The molecule has 2 heterocycles. The number of nitrogens with zero attached hydrogens (tertiary/aromatic N) is 2. The molecule has 0 aromatic carbocycles. The number of hydrogen-bond donors (Lipinski definition) is 0. The largest absolute Gasteiger partial charge is 0.317 e. The monoisotopic (exact) mass is 174 g/mol. The molecule has 2 rings (SSSR count). The van der Waals surface area contributed by atoms with E-state index in [0.29, 0.717) is 11.3 Å². The number of aromatic nitrogens is 2. The van der Waals surface area contributed by atoms with E-state index >= 15 is 0 Å². The summed E-state index contributed by atoms with van der Waals surface area (Å²) < 4.78 is 2.03. The van der Waals surface area contributed by atoms with Crippen LogP contribution in [0.2, 0.25) is 5.28 Å². The molecule has 1 aliphatic heterocycles. The van der Waals surface area contributed by atoms with E-state index in [1.165, 1.54) is 11.5 Å². The molecule has 54 valence electrons. The molecule has 0 bridgehead atoms. The first-order chi connectivity index (χ1) is 4.88. The van der Waals surface area contributed by atoms with Crippen molar-refractivity contribution in [3.8, 4) is 0 Å². The summed E-state index contributed by atoms with van der Waals surface area (Å²) in [5, 5.41) is 0.616. The first-order valence-corrected chi connectivity index (χ1v) is 4.67. The zero-order valence-corrected chi connectivity index (χ0v) is 6.90. The summed E-state index contributed by atoms with van der Waals surface area (Å²) in [7, 11) is 0. The van der Waals surface area contributed by atoms with Crippen LogP contribution in [0.25, 0.3) is 0 Å². The van der Waals surface area contributed by atoms with Crippen molar-refractivity contribution in [1.29, 1.82) is 0 Å². The second kappa shape index (κ2) is 2.47. The van der Waals surface area contributed by atoms with Crippen LogP contribution >= 0.6 is 23.4 Å². The number of imidazole rings is 1. The highest BCUT2D eigenvalue weighted by atomic mass is 35.5. The van der Waals surface area contributed by atoms with Crippen LogP contribution in [-0.2, 0) is 0 Å². The van der Waals surface area contributed by atoms with Crippen molar-refractivity contribution in [1.82, 2.24) is 9.55 Å². The summed E-state index contributed by atoms with van der Waals surface area (Å²) in [4.78, 5) is 3.94. The third kappa shape index (κ3) is 0.935. The lowest BCUT2D eigenvalue weighted by Gasteiger charge is -2.26. The minimum Gasteiger partial charge on any atom is -0.317 e. The van der Waals surface area contributed by atoms with Crippen LogP contribution in [0.1, 0.15) is 6.04 Å². The minimum absolute atomic E-state index is 0.597. The van der Waals surface area contributed by atoms with Crippen LogP contribution in [0, 0.1) is 0 Å². The molecule has 0 N–H and O–H groups in total. The Hall–Kier alpha value is -0.150. The van der Waals surface area contributed by atoms with Gasteiger partial charge in [0.15, 0.2) is 0 Å². The van der Waals surface area contributed by atoms with Gasteiger partial charge in [-0.15, -0.1) is 0 Å². The van der Waals surface area contributed by atoms with Gasteiger partial charge < -0.3 is 4.57 Å². The van der Waals surface area contributed by atoms with E-state index < -0.39 is 0 Å². The molecule has 1 aromatic rings. The third-order valence-corrected chi connectivity index (χ3v) is 3.17. The van der Waals surface area contributed by atoms with Crippen molar-refractivity contribution >= 4 is 23.4 Å². The van der Waals surface area contributed by atoms with Crippen molar-refractivity contribution < 1.29 is 0 Å². The Balaban J connectivity index is 2.23. The molecule has 1 fully saturated rings. The molecule has 0 radical (unpaired) electrons. The summed E-state index contributed by atoms with van der Waals surface area (Å²) >= 11 is 7.73. The lowest BCUT2D eigenvalue weighted by Crippen LogP contribution is -2.22. The normalized spacial score (nSPS) is 18.9. The molecular weight excluding hydrogens is 168 g/mol. The van der Waals surface area contributed by atoms with E-state index in [9.17, 15) is 0 Å². The second-order valence-corrected chi connectivity index (χ2v) is 3.71. The fraction of sp³-hybridized carbons (Fsp3) is 0.500. The van der Waals surface area contributed by atoms with Crippen LogP contribution in [0.5, 0.6) is 0 Å². The molecule has 4 heteroatoms. The highest BCUT2D eigenvalue weighted by Gasteiger charge is 2.21. The zero-order valence-electron chi connectivity index (χ0n) is 5.33. The van der Waals surface area contributed by atoms with Crippen LogP contribution in [-0.4, -0.2) is 21.1 Å². The second-order valence-electron chi connectivity index (χ2n) is 2.29. The Morgan fingerprint density at radius 3 is 2.90 bits per heavy atom. The highest BCUT2D eigenvalue weighted by molar-refractivity contribution is 8.00. The molecule has 10 heavy (non-hydrogen) atoms. The predicted octanol–water partition coefficient (Wildman–Crippen LogP) is 1.82. The van der Waals surface area contributed by atoms with Crippen molar-refractivity contribution in [2.24, 2.45) is 0 Å². The fourth-order valence-corrected chi connectivity index (χ4v) is 1.97. The quantitative estimate of drug-likeness (QED) is 0.647. The Labute approximate surface area is 68.6 Å². The van der Waals surface area contributed by atoms with E-state index in [1.807, 2.05) is 22.5 Å². The van der Waals surface area contributed by atoms with Gasteiger partial charge in [-0.1, -0.05) is 0 Å². The Kier molecular flexibility index (Phi) is 1.62. The van der Waals surface area contributed by atoms with Crippen molar-refractivity contribution in [2.45, 2.75) is 6.04 Å². The average molecular weight is 175 g/mol. The smallest absolute Gasteiger partial charge is 0.202 e. The molecule has 0 unspecified atom stereocenters. The van der Waals surface area contributed by atoms with E-state index in [-0.39, 0.29) is 0 Å². The van der Waals surface area contributed by atoms with E-state index in [1.54, 1.807) is 6.20 Å². The molecule has 0 amide bonds. The summed E-state index contributed by atoms with van der Waals surface area (Å²) in [5.74, 6) is 2.35. The van der Waals surface area contributed by atoms with Gasteiger partial charge in [0.1, 0.15) is 0 Å². The van der Waals surface area contributed by atoms with Gasteiger partial charge in [-0.05, 0) is 11.6 Å². The highest BCUT2D eigenvalue weighted by Crippen LogP contribution is 2.30. The summed E-state index contributed by atoms with van der Waals surface area (Å²) in [5.41, 5.74) is 0. The van der Waals surface area contributed by atoms with Gasteiger partial charge in [0.05, 0.1) is 6.04 Å². The molecule has 0 atom stereocenters. The Morgan fingerprint density at radius 1 is 1.70 bits per heavy atom. The maximum Gasteiger partial charge on any atom is 0.202 e. The van der Waals surface area contributed by atoms with E-state index in [4.69, 9.17) is 11.6 Å². The maximum absolute atomic E-state index is 5.79. The Bertz CT molecular complexity index is 231. The summed E-state index contributed by atoms with van der Waals surface area (Å²) in [6.45, 7) is 0. The lowest BCUT2D eigenvalue weighted by atomic mass is 10.4. The standard InChI is InChI=1S/C6H7ClN2S/c7-6-8-1-2-9(6)5-3-10-4-5/h1-2,5H,3-4H2. The number of halogens is 1. The summed E-state index contributed by atoms with van der Waals surface area (Å²) in [6, 6.07) is 0.597. The number of hydrogen-bond acceptors (Lipinski definition) is 2. The van der Waals surface area contributed by atoms with Crippen LogP contribution in [0.4, 0.5) is 0 Å². The molecule has 1 aliphatic rings. The van der Waals surface area contributed by atoms with Crippen LogP contribution in [0.15, 0.2) is 12.4 Å². The predicted molar refractivity (Wildman–Crippen MR) is 43.6 cm³/mol. The molecule has 1 aromatic heterocycles. The van der Waals surface area contributed by atoms with E-state index in [2.05, 4.69) is 4.98 Å². The Morgan fingerprint density at radius 2 is 2.50 bits per heavy atom. The lowest BCUT2D eigenvalue weighted by molar-refractivity contribution is 0.593. The van der Waals surface area contributed by atoms with E-state index in [0.717, 1.165) is 0 Å². The van der Waals surface area contributed by atoms with Crippen molar-refractivity contribution in [3.63, 3.8) is 0 Å². The topological polar surface area (TPSA) is 17.8 Å². The van der Waals surface area contributed by atoms with Gasteiger partial charge in [0, 0.05) is 23.9 Å². The molecule has 1 saturated heterocycles. The minimum atomic E-state index is 0.597. The summed E-state index contributed by atoms with van der Waals surface area (Å²) in [6.07, 6.45) is 3.68. The molecule has 0 saturated carbocycles. The van der Waals surface area contributed by atoms with Gasteiger partial charge >= 0.3 is 0 Å². The number of rotatable bonds is 1. The van der Waals surface area contributed by atoms with Gasteiger partial charge in [0.25, 0.3) is 0 Å². The number of thioether (sulfide) groups is 1. The molecular formula is C6H7ClN2S. The molecule has 0 spiro atoms. The van der Waals surface area contributed by atoms with Crippen molar-refractivity contribution in [3.05, 3.63) is 17.7 Å². The first kappa shape index (κ1) is 6.55. The van der Waals surface area contributed by atoms with Gasteiger partial charge in [-0.25, -0.2) is 4.98 Å². The maximum atomic E-state index is 5.79.